The van der Waals surface area contributed by atoms with Gasteiger partial charge >= 0.3 is 0 Å². The van der Waals surface area contributed by atoms with Gasteiger partial charge in [-0.3, -0.25) is 9.78 Å². The maximum Gasteiger partial charge on any atom is 0.264 e. The third-order valence-electron chi connectivity index (χ3n) is 3.20. The third kappa shape index (κ3) is 4.64. The van der Waals surface area contributed by atoms with Crippen molar-refractivity contribution in [1.29, 1.82) is 0 Å². The van der Waals surface area contributed by atoms with E-state index in [0.29, 0.717) is 17.2 Å². The molecular weight excluding hydrogens is 288 g/mol. The Morgan fingerprint density at radius 1 is 1.52 bits per heavy atom. The standard InChI is InChI=1S/C16H21ClN2O2/c1-6-8-16(3,4)19(5)15(20)14(7-2)21-13-9-12(17)10-18-11-13/h9-11,14H,7H2,1-5H3. The van der Waals surface area contributed by atoms with Crippen LogP contribution in [0, 0.1) is 11.8 Å². The topological polar surface area (TPSA) is 42.4 Å². The van der Waals surface area contributed by atoms with Crippen LogP contribution in [-0.4, -0.2) is 34.5 Å². The summed E-state index contributed by atoms with van der Waals surface area (Å²) in [6, 6.07) is 1.64. The molecule has 1 unspecified atom stereocenters. The molecule has 1 atom stereocenters. The van der Waals surface area contributed by atoms with Gasteiger partial charge in [0, 0.05) is 19.3 Å². The Hall–Kier alpha value is -1.73. The zero-order valence-corrected chi connectivity index (χ0v) is 13.9. The molecule has 1 heterocycles. The van der Waals surface area contributed by atoms with Crippen LogP contribution >= 0.6 is 11.6 Å². The highest BCUT2D eigenvalue weighted by atomic mass is 35.5. The van der Waals surface area contributed by atoms with Gasteiger partial charge in [0.1, 0.15) is 5.75 Å². The molecule has 1 rings (SSSR count). The van der Waals surface area contributed by atoms with Gasteiger partial charge in [-0.2, -0.15) is 0 Å². The van der Waals surface area contributed by atoms with Crippen molar-refractivity contribution in [2.75, 3.05) is 7.05 Å². The second-order valence-electron chi connectivity index (χ2n) is 5.18. The number of carbonyl (C=O) groups excluding carboxylic acids is 1. The van der Waals surface area contributed by atoms with Crippen LogP contribution in [0.5, 0.6) is 5.75 Å². The zero-order chi connectivity index (χ0) is 16.0. The number of hydrogen-bond acceptors (Lipinski definition) is 3. The van der Waals surface area contributed by atoms with E-state index in [1.165, 1.54) is 6.20 Å². The SMILES string of the molecule is CC#CC(C)(C)N(C)C(=O)C(CC)Oc1cncc(Cl)c1. The van der Waals surface area contributed by atoms with Gasteiger partial charge in [0.2, 0.25) is 0 Å². The summed E-state index contributed by atoms with van der Waals surface area (Å²) in [5.41, 5.74) is -0.546. The molecule has 0 saturated heterocycles. The molecule has 0 aromatic carbocycles. The number of rotatable bonds is 5. The van der Waals surface area contributed by atoms with E-state index in [1.807, 2.05) is 20.8 Å². The lowest BCUT2D eigenvalue weighted by Gasteiger charge is -2.33. The van der Waals surface area contributed by atoms with Crippen LogP contribution in [0.25, 0.3) is 0 Å². The molecule has 21 heavy (non-hydrogen) atoms. The summed E-state index contributed by atoms with van der Waals surface area (Å²) >= 11 is 5.87. The summed E-state index contributed by atoms with van der Waals surface area (Å²) in [7, 11) is 1.73. The Kier molecular flexibility index (Phi) is 6.04. The average Bonchev–Trinajstić information content (AvgIpc) is 2.43. The zero-order valence-electron chi connectivity index (χ0n) is 13.1. The summed E-state index contributed by atoms with van der Waals surface area (Å²) < 4.78 is 5.71. The molecule has 0 aliphatic heterocycles. The molecule has 0 radical (unpaired) electrons. The second-order valence-corrected chi connectivity index (χ2v) is 5.62. The molecule has 114 valence electrons. The van der Waals surface area contributed by atoms with E-state index >= 15 is 0 Å². The van der Waals surface area contributed by atoms with Crippen molar-refractivity contribution in [2.24, 2.45) is 0 Å². The first-order chi connectivity index (χ1) is 9.81. The van der Waals surface area contributed by atoms with Gasteiger partial charge < -0.3 is 9.64 Å². The fraction of sp³-hybridized carbons (Fsp3) is 0.500. The van der Waals surface area contributed by atoms with E-state index in [1.54, 1.807) is 31.1 Å². The minimum absolute atomic E-state index is 0.120. The highest BCUT2D eigenvalue weighted by Crippen LogP contribution is 2.20. The summed E-state index contributed by atoms with van der Waals surface area (Å²) in [6.07, 6.45) is 3.01. The largest absolute Gasteiger partial charge is 0.479 e. The second kappa shape index (κ2) is 7.33. The molecule has 0 bridgehead atoms. The van der Waals surface area contributed by atoms with E-state index in [9.17, 15) is 4.79 Å². The lowest BCUT2D eigenvalue weighted by atomic mass is 10.0. The molecule has 0 saturated carbocycles. The molecule has 0 fully saturated rings. The number of aromatic nitrogens is 1. The first-order valence-electron chi connectivity index (χ1n) is 6.80. The van der Waals surface area contributed by atoms with Crippen molar-refractivity contribution in [3.8, 4) is 17.6 Å². The molecule has 1 amide bonds. The molecule has 1 aromatic heterocycles. The number of carbonyl (C=O) groups is 1. The molecule has 0 N–H and O–H groups in total. The number of halogens is 1. The predicted molar refractivity (Wildman–Crippen MR) is 84.3 cm³/mol. The third-order valence-corrected chi connectivity index (χ3v) is 3.41. The summed E-state index contributed by atoms with van der Waals surface area (Å²) in [4.78, 5) is 18.1. The van der Waals surface area contributed by atoms with Crippen molar-refractivity contribution in [2.45, 2.75) is 45.8 Å². The van der Waals surface area contributed by atoms with Crippen molar-refractivity contribution < 1.29 is 9.53 Å². The number of hydrogen-bond donors (Lipinski definition) is 0. The number of likely N-dealkylation sites (N-methyl/N-ethyl adjacent to an activating group) is 1. The monoisotopic (exact) mass is 308 g/mol. The molecule has 0 aliphatic carbocycles. The van der Waals surface area contributed by atoms with Gasteiger partial charge in [-0.15, -0.1) is 5.92 Å². The Bertz CT molecular complexity index is 561. The fourth-order valence-corrected chi connectivity index (χ4v) is 1.97. The molecule has 1 aromatic rings. The normalized spacial score (nSPS) is 12.1. The van der Waals surface area contributed by atoms with E-state index in [-0.39, 0.29) is 5.91 Å². The van der Waals surface area contributed by atoms with Gasteiger partial charge in [-0.05, 0) is 27.2 Å². The maximum absolute atomic E-state index is 12.6. The van der Waals surface area contributed by atoms with Crippen LogP contribution in [0.2, 0.25) is 5.02 Å². The van der Waals surface area contributed by atoms with Gasteiger partial charge in [0.05, 0.1) is 16.8 Å². The number of pyridine rings is 1. The first kappa shape index (κ1) is 17.3. The Balaban J connectivity index is 2.88. The molecule has 0 aliphatic rings. The van der Waals surface area contributed by atoms with E-state index in [4.69, 9.17) is 16.3 Å². The number of ether oxygens (including phenoxy) is 1. The number of amides is 1. The lowest BCUT2D eigenvalue weighted by Crippen LogP contribution is -2.49. The van der Waals surface area contributed by atoms with Crippen molar-refractivity contribution in [3.63, 3.8) is 0 Å². The van der Waals surface area contributed by atoms with E-state index in [2.05, 4.69) is 16.8 Å². The lowest BCUT2D eigenvalue weighted by molar-refractivity contribution is -0.140. The number of nitrogens with zero attached hydrogens (tertiary/aromatic N) is 2. The molecule has 4 nitrogen and oxygen atoms in total. The first-order valence-corrected chi connectivity index (χ1v) is 7.18. The summed E-state index contributed by atoms with van der Waals surface area (Å²) in [5, 5.41) is 0.473. The van der Waals surface area contributed by atoms with Gasteiger partial charge in [-0.25, -0.2) is 0 Å². The smallest absolute Gasteiger partial charge is 0.264 e. The minimum Gasteiger partial charge on any atom is -0.479 e. The van der Waals surface area contributed by atoms with Gasteiger partial charge in [0.15, 0.2) is 6.10 Å². The van der Waals surface area contributed by atoms with Crippen LogP contribution in [-0.2, 0) is 4.79 Å². The average molecular weight is 309 g/mol. The minimum atomic E-state index is -0.590. The highest BCUT2D eigenvalue weighted by molar-refractivity contribution is 6.30. The Morgan fingerprint density at radius 3 is 2.71 bits per heavy atom. The maximum atomic E-state index is 12.6. The van der Waals surface area contributed by atoms with Gasteiger partial charge in [0.25, 0.3) is 5.91 Å². The van der Waals surface area contributed by atoms with Gasteiger partial charge in [-0.1, -0.05) is 24.4 Å². The predicted octanol–water partition coefficient (Wildman–Crippen LogP) is 3.15. The van der Waals surface area contributed by atoms with Crippen molar-refractivity contribution in [1.82, 2.24) is 9.88 Å². The Labute approximate surface area is 131 Å². The highest BCUT2D eigenvalue weighted by Gasteiger charge is 2.31. The molecule has 0 spiro atoms. The van der Waals surface area contributed by atoms with E-state index in [0.717, 1.165) is 0 Å². The molecule has 5 heteroatoms. The van der Waals surface area contributed by atoms with Crippen LogP contribution in [0.3, 0.4) is 0 Å². The fourth-order valence-electron chi connectivity index (χ4n) is 1.81. The summed E-state index contributed by atoms with van der Waals surface area (Å²) in [6.45, 7) is 7.45. The Morgan fingerprint density at radius 2 is 2.19 bits per heavy atom. The van der Waals surface area contributed by atoms with Crippen LogP contribution in [0.1, 0.15) is 34.1 Å². The van der Waals surface area contributed by atoms with Crippen molar-refractivity contribution in [3.05, 3.63) is 23.5 Å². The summed E-state index contributed by atoms with van der Waals surface area (Å²) in [5.74, 6) is 6.23. The van der Waals surface area contributed by atoms with Crippen molar-refractivity contribution >= 4 is 17.5 Å². The quantitative estimate of drug-likeness (QED) is 0.785. The van der Waals surface area contributed by atoms with Crippen LogP contribution < -0.4 is 4.74 Å². The van der Waals surface area contributed by atoms with Crippen LogP contribution in [0.4, 0.5) is 0 Å². The van der Waals surface area contributed by atoms with Crippen LogP contribution in [0.15, 0.2) is 18.5 Å². The molecular formula is C16H21ClN2O2. The van der Waals surface area contributed by atoms with E-state index < -0.39 is 11.6 Å².